The van der Waals surface area contributed by atoms with Crippen molar-refractivity contribution in [2.75, 3.05) is 32.9 Å². The lowest BCUT2D eigenvalue weighted by Gasteiger charge is -2.25. The molecule has 1 N–H and O–H groups in total. The number of carbonyl (C=O) groups is 3. The highest BCUT2D eigenvalue weighted by molar-refractivity contribution is 7.45. The van der Waals surface area contributed by atoms with Crippen LogP contribution in [0.2, 0.25) is 0 Å². The van der Waals surface area contributed by atoms with Gasteiger partial charge in [0.2, 0.25) is 0 Å². The van der Waals surface area contributed by atoms with Crippen molar-refractivity contribution in [3.8, 4) is 0 Å². The van der Waals surface area contributed by atoms with Crippen LogP contribution in [0.5, 0.6) is 0 Å². The zero-order valence-corrected chi connectivity index (χ0v) is 25.1. The number of phosphoric acid groups is 1. The van der Waals surface area contributed by atoms with E-state index in [4.69, 9.17) is 18.5 Å². The number of phosphoric ester groups is 1. The topological polar surface area (TPSA) is 140 Å². The van der Waals surface area contributed by atoms with Gasteiger partial charge in [0.1, 0.15) is 6.61 Å². The summed E-state index contributed by atoms with van der Waals surface area (Å²) in [6, 6.07) is 0. The first-order valence-corrected chi connectivity index (χ1v) is 15.5. The van der Waals surface area contributed by atoms with Gasteiger partial charge in [-0.05, 0) is 6.42 Å². The van der Waals surface area contributed by atoms with E-state index in [2.05, 4.69) is 12.2 Å². The second-order valence-electron chi connectivity index (χ2n) is 10.6. The minimum absolute atomic E-state index is 0.0127. The predicted octanol–water partition coefficient (Wildman–Crippen LogP) is 4.87. The summed E-state index contributed by atoms with van der Waals surface area (Å²) in [6.45, 7) is 7.90. The Morgan fingerprint density at radius 1 is 0.868 bits per heavy atom. The molecule has 11 heteroatoms. The van der Waals surface area contributed by atoms with Gasteiger partial charge in [0, 0.05) is 25.3 Å². The van der Waals surface area contributed by atoms with Crippen LogP contribution in [0.3, 0.4) is 0 Å². The van der Waals surface area contributed by atoms with Crippen molar-refractivity contribution in [2.24, 2.45) is 5.41 Å². The molecule has 0 aliphatic heterocycles. The molecule has 224 valence electrons. The quantitative estimate of drug-likeness (QED) is 0.0981. The minimum atomic E-state index is -4.68. The van der Waals surface area contributed by atoms with Crippen LogP contribution in [0.4, 0.5) is 0 Å². The fourth-order valence-corrected chi connectivity index (χ4v) is 4.19. The number of Topliss-reactive ketones (excluding diaryl/α,β-unsaturated/α-hetero) is 1. The van der Waals surface area contributed by atoms with Gasteiger partial charge in [-0.15, -0.1) is 0 Å². The molecule has 0 aliphatic rings. The Morgan fingerprint density at radius 2 is 1.42 bits per heavy atom. The highest BCUT2D eigenvalue weighted by Crippen LogP contribution is 2.38. The van der Waals surface area contributed by atoms with Crippen LogP contribution in [0, 0.1) is 5.41 Å². The summed E-state index contributed by atoms with van der Waals surface area (Å²) in [5.41, 5.74) is -0.493. The van der Waals surface area contributed by atoms with Crippen molar-refractivity contribution in [1.29, 1.82) is 0 Å². The maximum atomic E-state index is 12.0. The number of hydrogen-bond acceptors (Lipinski definition) is 10. The molecule has 0 saturated carbocycles. The number of ketones is 1. The number of unbranched alkanes of at least 4 members (excludes halogenated alkanes) is 10. The molecule has 0 fully saturated rings. The van der Waals surface area contributed by atoms with Gasteiger partial charge < -0.3 is 28.7 Å². The van der Waals surface area contributed by atoms with Crippen molar-refractivity contribution in [3.63, 3.8) is 0 Å². The lowest BCUT2D eigenvalue weighted by atomic mass is 9.91. The zero-order valence-electron chi connectivity index (χ0n) is 24.2. The molecule has 0 amide bonds. The number of carbonyl (C=O) groups excluding carboxylic acids is 3. The highest BCUT2D eigenvalue weighted by atomic mass is 31.2. The zero-order chi connectivity index (χ0) is 28.9. The molecule has 0 spiro atoms. The summed E-state index contributed by atoms with van der Waals surface area (Å²) in [4.78, 5) is 47.2. The number of nitrogens with one attached hydrogen (secondary N) is 1. The van der Waals surface area contributed by atoms with Crippen molar-refractivity contribution in [2.45, 2.75) is 118 Å². The van der Waals surface area contributed by atoms with E-state index in [0.29, 0.717) is 6.42 Å². The van der Waals surface area contributed by atoms with E-state index in [1.807, 2.05) is 0 Å². The van der Waals surface area contributed by atoms with E-state index in [0.717, 1.165) is 26.2 Å². The first-order valence-electron chi connectivity index (χ1n) is 14.0. The Kier molecular flexibility index (Phi) is 20.7. The van der Waals surface area contributed by atoms with Gasteiger partial charge in [-0.3, -0.25) is 18.9 Å². The number of rotatable bonds is 24. The summed E-state index contributed by atoms with van der Waals surface area (Å²) in [7, 11) is -4.68. The molecule has 0 aliphatic carbocycles. The van der Waals surface area contributed by atoms with Crippen LogP contribution < -0.4 is 10.2 Å². The van der Waals surface area contributed by atoms with Crippen LogP contribution >= 0.6 is 7.82 Å². The standard InChI is InChI=1S/C27H52NO9P/c1-6-7-8-9-10-11-12-13-14-15-16-17-26(31)34-21-24(37-23(2)29)22-36-38(32,33)35-19-18-28-20-25(30)27(3,4)5/h24,28H,6-22H2,1-5H3,(H,32,33)/p-1. The number of esters is 2. The van der Waals surface area contributed by atoms with Gasteiger partial charge in [-0.1, -0.05) is 91.9 Å². The summed E-state index contributed by atoms with van der Waals surface area (Å²) in [5, 5.41) is 2.81. The Hall–Kier alpha value is -1.32. The van der Waals surface area contributed by atoms with Gasteiger partial charge in [-0.2, -0.15) is 0 Å². The molecule has 0 aromatic rings. The third-order valence-electron chi connectivity index (χ3n) is 5.82. The average molecular weight is 565 g/mol. The molecule has 0 radical (unpaired) electrons. The summed E-state index contributed by atoms with van der Waals surface area (Å²) < 4.78 is 31.7. The van der Waals surface area contributed by atoms with Crippen LogP contribution in [0.25, 0.3) is 0 Å². The minimum Gasteiger partial charge on any atom is -0.756 e. The summed E-state index contributed by atoms with van der Waals surface area (Å²) in [6.07, 6.45) is 12.1. The van der Waals surface area contributed by atoms with Gasteiger partial charge in [0.15, 0.2) is 11.9 Å². The molecule has 0 saturated heterocycles. The van der Waals surface area contributed by atoms with E-state index in [1.54, 1.807) is 20.8 Å². The smallest absolute Gasteiger partial charge is 0.305 e. The third kappa shape index (κ3) is 22.6. The van der Waals surface area contributed by atoms with E-state index in [9.17, 15) is 23.8 Å². The SMILES string of the molecule is CCCCCCCCCCCCCC(=O)OCC(COP(=O)([O-])OCCNCC(=O)C(C)(C)C)OC(C)=O. The fourth-order valence-electron chi connectivity index (χ4n) is 3.45. The van der Waals surface area contributed by atoms with Crippen LogP contribution in [-0.4, -0.2) is 56.7 Å². The van der Waals surface area contributed by atoms with Crippen molar-refractivity contribution in [3.05, 3.63) is 0 Å². The Balaban J connectivity index is 4.09. The van der Waals surface area contributed by atoms with Crippen molar-refractivity contribution in [1.82, 2.24) is 5.32 Å². The second-order valence-corrected chi connectivity index (χ2v) is 12.0. The lowest BCUT2D eigenvalue weighted by Crippen LogP contribution is -2.34. The van der Waals surface area contributed by atoms with Gasteiger partial charge >= 0.3 is 11.9 Å². The summed E-state index contributed by atoms with van der Waals surface area (Å²) >= 11 is 0. The van der Waals surface area contributed by atoms with E-state index in [-0.39, 0.29) is 38.5 Å². The molecule has 10 nitrogen and oxygen atoms in total. The maximum Gasteiger partial charge on any atom is 0.305 e. The molecule has 0 aromatic heterocycles. The number of ether oxygens (including phenoxy) is 2. The van der Waals surface area contributed by atoms with Crippen molar-refractivity contribution >= 4 is 25.5 Å². The number of hydrogen-bond donors (Lipinski definition) is 1. The van der Waals surface area contributed by atoms with E-state index < -0.39 is 37.9 Å². The van der Waals surface area contributed by atoms with E-state index >= 15 is 0 Å². The Labute approximate surface area is 229 Å². The Bertz CT molecular complexity index is 709. The highest BCUT2D eigenvalue weighted by Gasteiger charge is 2.21. The van der Waals surface area contributed by atoms with Gasteiger partial charge in [0.05, 0.1) is 19.8 Å². The molecule has 0 bridgehead atoms. The average Bonchev–Trinajstić information content (AvgIpc) is 2.83. The van der Waals surface area contributed by atoms with Crippen LogP contribution in [0.15, 0.2) is 0 Å². The van der Waals surface area contributed by atoms with Crippen LogP contribution in [-0.2, 0) is 37.5 Å². The van der Waals surface area contributed by atoms with Gasteiger partial charge in [-0.25, -0.2) is 0 Å². The van der Waals surface area contributed by atoms with Crippen LogP contribution in [0.1, 0.15) is 112 Å². The van der Waals surface area contributed by atoms with Crippen molar-refractivity contribution < 1.29 is 42.4 Å². The molecule has 38 heavy (non-hydrogen) atoms. The largest absolute Gasteiger partial charge is 0.756 e. The molecule has 2 unspecified atom stereocenters. The maximum absolute atomic E-state index is 12.0. The molecule has 2 atom stereocenters. The molecular weight excluding hydrogens is 513 g/mol. The normalized spacial score (nSPS) is 14.1. The second kappa shape index (κ2) is 21.5. The van der Waals surface area contributed by atoms with E-state index in [1.165, 1.54) is 44.9 Å². The lowest BCUT2D eigenvalue weighted by molar-refractivity contribution is -0.228. The molecule has 0 aromatic carbocycles. The fraction of sp³-hybridized carbons (Fsp3) is 0.889. The first-order chi connectivity index (χ1) is 17.9. The third-order valence-corrected chi connectivity index (χ3v) is 6.78. The monoisotopic (exact) mass is 564 g/mol. The molecule has 0 rings (SSSR count). The Morgan fingerprint density at radius 3 is 1.95 bits per heavy atom. The first kappa shape index (κ1) is 36.7. The summed E-state index contributed by atoms with van der Waals surface area (Å²) in [5.74, 6) is -1.11. The molecule has 0 heterocycles. The predicted molar refractivity (Wildman–Crippen MR) is 144 cm³/mol. The van der Waals surface area contributed by atoms with Gasteiger partial charge in [0.25, 0.3) is 7.82 Å². The molecular formula is C27H51NO9P-.